The summed E-state index contributed by atoms with van der Waals surface area (Å²) in [5, 5.41) is 13.5. The van der Waals surface area contributed by atoms with Gasteiger partial charge in [0.1, 0.15) is 0 Å². The van der Waals surface area contributed by atoms with Crippen LogP contribution >= 0.6 is 0 Å². The molecule has 2 N–H and O–H groups in total. The zero-order chi connectivity index (χ0) is 9.97. The van der Waals surface area contributed by atoms with Crippen molar-refractivity contribution in [1.29, 1.82) is 0 Å². The molecule has 1 aromatic carbocycles. The molecule has 1 unspecified atom stereocenters. The van der Waals surface area contributed by atoms with Crippen LogP contribution in [-0.2, 0) is 0 Å². The van der Waals surface area contributed by atoms with E-state index in [9.17, 15) is 5.11 Å². The highest BCUT2D eigenvalue weighted by atomic mass is 16.3. The molecule has 2 rings (SSSR count). The number of hydrogen-bond acceptors (Lipinski definition) is 2. The molecule has 1 saturated heterocycles. The lowest BCUT2D eigenvalue weighted by Gasteiger charge is -2.19. The Morgan fingerprint density at radius 1 is 1.29 bits per heavy atom. The van der Waals surface area contributed by atoms with Crippen molar-refractivity contribution in [3.8, 4) is 0 Å². The van der Waals surface area contributed by atoms with Crippen LogP contribution in [0.1, 0.15) is 31.4 Å². The second kappa shape index (κ2) is 4.11. The molecule has 1 aromatic rings. The minimum absolute atomic E-state index is 0.229. The predicted octanol–water partition coefficient (Wildman–Crippen LogP) is 1.86. The van der Waals surface area contributed by atoms with E-state index in [-0.39, 0.29) is 12.1 Å². The topological polar surface area (TPSA) is 32.3 Å². The number of rotatable bonds is 2. The van der Waals surface area contributed by atoms with Gasteiger partial charge < -0.3 is 10.4 Å². The highest BCUT2D eigenvalue weighted by Crippen LogP contribution is 2.24. The summed E-state index contributed by atoms with van der Waals surface area (Å²) in [7, 11) is 0. The molecule has 0 spiro atoms. The second-order valence-electron chi connectivity index (χ2n) is 4.11. The van der Waals surface area contributed by atoms with E-state index in [0.717, 1.165) is 18.4 Å². The summed E-state index contributed by atoms with van der Waals surface area (Å²) in [6.45, 7) is 2.16. The van der Waals surface area contributed by atoms with Gasteiger partial charge in [-0.1, -0.05) is 30.3 Å². The first-order valence-corrected chi connectivity index (χ1v) is 5.26. The Morgan fingerprint density at radius 2 is 2.00 bits per heavy atom. The smallest absolute Gasteiger partial charge is 0.0943 e. The zero-order valence-electron chi connectivity index (χ0n) is 8.48. The van der Waals surface area contributed by atoms with Crippen molar-refractivity contribution in [2.75, 3.05) is 0 Å². The minimum atomic E-state index is -0.360. The number of nitrogens with one attached hydrogen (secondary N) is 1. The third-order valence-electron chi connectivity index (χ3n) is 2.93. The fourth-order valence-electron chi connectivity index (χ4n) is 2.09. The summed E-state index contributed by atoms with van der Waals surface area (Å²) in [5.41, 5.74) is 1.01. The molecule has 1 aliphatic rings. The van der Waals surface area contributed by atoms with Crippen molar-refractivity contribution < 1.29 is 5.11 Å². The molecule has 0 amide bonds. The number of hydrogen-bond donors (Lipinski definition) is 2. The maximum absolute atomic E-state index is 10.1. The Kier molecular flexibility index (Phi) is 2.85. The summed E-state index contributed by atoms with van der Waals surface area (Å²) >= 11 is 0. The normalized spacial score (nSPS) is 29.0. The van der Waals surface area contributed by atoms with Gasteiger partial charge in [-0.3, -0.25) is 0 Å². The Hall–Kier alpha value is -0.860. The second-order valence-corrected chi connectivity index (χ2v) is 4.11. The van der Waals surface area contributed by atoms with Gasteiger partial charge >= 0.3 is 0 Å². The van der Waals surface area contributed by atoms with Gasteiger partial charge in [-0.2, -0.15) is 0 Å². The molecule has 2 heteroatoms. The van der Waals surface area contributed by atoms with E-state index in [0.29, 0.717) is 6.04 Å². The molecule has 0 aliphatic carbocycles. The van der Waals surface area contributed by atoms with E-state index >= 15 is 0 Å². The summed E-state index contributed by atoms with van der Waals surface area (Å²) in [6, 6.07) is 10.6. The van der Waals surface area contributed by atoms with Gasteiger partial charge in [0, 0.05) is 12.1 Å². The van der Waals surface area contributed by atoms with Crippen LogP contribution in [0.15, 0.2) is 30.3 Å². The minimum Gasteiger partial charge on any atom is -0.387 e. The van der Waals surface area contributed by atoms with Crippen LogP contribution in [0.4, 0.5) is 0 Å². The van der Waals surface area contributed by atoms with E-state index in [1.807, 2.05) is 30.3 Å². The fourth-order valence-corrected chi connectivity index (χ4v) is 2.09. The van der Waals surface area contributed by atoms with Crippen LogP contribution in [0.3, 0.4) is 0 Å². The van der Waals surface area contributed by atoms with E-state index in [2.05, 4.69) is 12.2 Å². The molecule has 2 nitrogen and oxygen atoms in total. The maximum Gasteiger partial charge on any atom is 0.0943 e. The van der Waals surface area contributed by atoms with Gasteiger partial charge in [0.15, 0.2) is 0 Å². The van der Waals surface area contributed by atoms with Crippen LogP contribution in [0.2, 0.25) is 0 Å². The first kappa shape index (κ1) is 9.69. The van der Waals surface area contributed by atoms with Gasteiger partial charge in [-0.25, -0.2) is 0 Å². The fraction of sp³-hybridized carbons (Fsp3) is 0.500. The molecule has 1 aliphatic heterocycles. The average molecular weight is 191 g/mol. The molecule has 0 saturated carbocycles. The lowest BCUT2D eigenvalue weighted by Crippen LogP contribution is -2.32. The zero-order valence-corrected chi connectivity index (χ0v) is 8.48. The van der Waals surface area contributed by atoms with Crippen molar-refractivity contribution in [2.24, 2.45) is 0 Å². The molecule has 14 heavy (non-hydrogen) atoms. The van der Waals surface area contributed by atoms with Crippen molar-refractivity contribution in [3.63, 3.8) is 0 Å². The Morgan fingerprint density at radius 3 is 2.57 bits per heavy atom. The summed E-state index contributed by atoms with van der Waals surface area (Å²) < 4.78 is 0. The third-order valence-corrected chi connectivity index (χ3v) is 2.93. The third kappa shape index (κ3) is 1.97. The Balaban J connectivity index is 2.05. The molecule has 0 aromatic heterocycles. The summed E-state index contributed by atoms with van der Waals surface area (Å²) in [5.74, 6) is 0. The first-order valence-electron chi connectivity index (χ1n) is 5.26. The molecule has 76 valence electrons. The number of benzene rings is 1. The monoisotopic (exact) mass is 191 g/mol. The first-order chi connectivity index (χ1) is 6.77. The number of aliphatic hydroxyl groups excluding tert-OH is 1. The van der Waals surface area contributed by atoms with Crippen molar-refractivity contribution in [3.05, 3.63) is 35.9 Å². The molecule has 1 fully saturated rings. The van der Waals surface area contributed by atoms with Gasteiger partial charge in [0.2, 0.25) is 0 Å². The van der Waals surface area contributed by atoms with Crippen LogP contribution in [0.25, 0.3) is 0 Å². The van der Waals surface area contributed by atoms with Gasteiger partial charge in [0.25, 0.3) is 0 Å². The Bertz CT molecular complexity index is 286. The van der Waals surface area contributed by atoms with E-state index in [1.165, 1.54) is 0 Å². The molecule has 0 bridgehead atoms. The molecule has 3 atom stereocenters. The Labute approximate surface area is 85.0 Å². The van der Waals surface area contributed by atoms with Gasteiger partial charge in [-0.15, -0.1) is 0 Å². The highest BCUT2D eigenvalue weighted by Gasteiger charge is 2.27. The van der Waals surface area contributed by atoms with Crippen molar-refractivity contribution in [1.82, 2.24) is 5.32 Å². The van der Waals surface area contributed by atoms with Gasteiger partial charge in [0.05, 0.1) is 6.10 Å². The number of aliphatic hydroxyl groups is 1. The van der Waals surface area contributed by atoms with Crippen LogP contribution in [0.5, 0.6) is 0 Å². The standard InChI is InChI=1S/C12H17NO/c1-9-7-8-11(13-9)12(14)10-5-3-2-4-6-10/h2-6,9,11-14H,7-8H2,1H3/t9-,11-,12?/m1/s1. The molecular formula is C12H17NO. The van der Waals surface area contributed by atoms with Crippen molar-refractivity contribution in [2.45, 2.75) is 38.0 Å². The maximum atomic E-state index is 10.1. The highest BCUT2D eigenvalue weighted by molar-refractivity contribution is 5.19. The quantitative estimate of drug-likeness (QED) is 0.748. The SMILES string of the molecule is C[C@@H]1CC[C@H](C(O)c2ccccc2)N1. The summed E-state index contributed by atoms with van der Waals surface area (Å²) in [6.07, 6.45) is 1.87. The molecule has 0 radical (unpaired) electrons. The van der Waals surface area contributed by atoms with Gasteiger partial charge in [-0.05, 0) is 25.3 Å². The average Bonchev–Trinajstić information content (AvgIpc) is 2.65. The lowest BCUT2D eigenvalue weighted by molar-refractivity contribution is 0.135. The molecular weight excluding hydrogens is 174 g/mol. The predicted molar refractivity (Wildman–Crippen MR) is 57.0 cm³/mol. The van der Waals surface area contributed by atoms with Crippen LogP contribution in [0, 0.1) is 0 Å². The van der Waals surface area contributed by atoms with E-state index < -0.39 is 0 Å². The molecule has 1 heterocycles. The van der Waals surface area contributed by atoms with Crippen LogP contribution < -0.4 is 5.32 Å². The van der Waals surface area contributed by atoms with E-state index in [1.54, 1.807) is 0 Å². The van der Waals surface area contributed by atoms with Crippen molar-refractivity contribution >= 4 is 0 Å². The largest absolute Gasteiger partial charge is 0.387 e. The van der Waals surface area contributed by atoms with E-state index in [4.69, 9.17) is 0 Å². The summed E-state index contributed by atoms with van der Waals surface area (Å²) in [4.78, 5) is 0. The van der Waals surface area contributed by atoms with Crippen LogP contribution in [-0.4, -0.2) is 17.2 Å². The lowest BCUT2D eigenvalue weighted by atomic mass is 10.0.